The van der Waals surface area contributed by atoms with E-state index in [0.29, 0.717) is 25.7 Å². The zero-order valence-corrected chi connectivity index (χ0v) is 12.3. The lowest BCUT2D eigenvalue weighted by Gasteiger charge is -2.26. The molecule has 1 N–H and O–H groups in total. The zero-order chi connectivity index (χ0) is 15.3. The number of halogens is 2. The van der Waals surface area contributed by atoms with Crippen molar-refractivity contribution in [1.82, 2.24) is 9.62 Å². The van der Waals surface area contributed by atoms with Gasteiger partial charge in [0.15, 0.2) is 0 Å². The van der Waals surface area contributed by atoms with Crippen LogP contribution < -0.4 is 4.72 Å². The molecule has 1 heterocycles. The summed E-state index contributed by atoms with van der Waals surface area (Å²) in [5, 5.41) is 0. The van der Waals surface area contributed by atoms with Crippen LogP contribution in [-0.2, 0) is 14.8 Å². The molecule has 0 amide bonds. The number of benzene rings is 1. The fourth-order valence-corrected chi connectivity index (χ4v) is 3.24. The highest BCUT2D eigenvalue weighted by atomic mass is 32.2. The van der Waals surface area contributed by atoms with Gasteiger partial charge in [0.25, 0.3) is 0 Å². The Labute approximate surface area is 122 Å². The van der Waals surface area contributed by atoms with E-state index in [9.17, 15) is 17.2 Å². The molecule has 5 nitrogen and oxygen atoms in total. The molecule has 8 heteroatoms. The molecule has 0 aliphatic carbocycles. The lowest BCUT2D eigenvalue weighted by atomic mass is 10.3. The minimum atomic E-state index is -3.95. The predicted octanol–water partition coefficient (Wildman–Crippen LogP) is 0.965. The number of morpholine rings is 1. The van der Waals surface area contributed by atoms with E-state index in [-0.39, 0.29) is 6.54 Å². The number of nitrogens with one attached hydrogen (secondary N) is 1. The molecule has 0 atom stereocenters. The van der Waals surface area contributed by atoms with Crippen molar-refractivity contribution < 1.29 is 21.9 Å². The molecular formula is C13H18F2N2O3S. The third-order valence-corrected chi connectivity index (χ3v) is 4.72. The first-order chi connectivity index (χ1) is 9.99. The van der Waals surface area contributed by atoms with E-state index in [0.717, 1.165) is 31.8 Å². The van der Waals surface area contributed by atoms with E-state index < -0.39 is 26.6 Å². The van der Waals surface area contributed by atoms with E-state index >= 15 is 0 Å². The molecule has 1 aliphatic rings. The summed E-state index contributed by atoms with van der Waals surface area (Å²) in [6.07, 6.45) is 0.613. The summed E-state index contributed by atoms with van der Waals surface area (Å²) in [5.41, 5.74) is 0. The zero-order valence-electron chi connectivity index (χ0n) is 11.5. The second-order valence-corrected chi connectivity index (χ2v) is 6.52. The summed E-state index contributed by atoms with van der Waals surface area (Å²) in [4.78, 5) is 1.64. The van der Waals surface area contributed by atoms with Crippen LogP contribution in [0, 0.1) is 11.6 Å². The second-order valence-electron chi connectivity index (χ2n) is 4.78. The third-order valence-electron chi connectivity index (χ3n) is 3.23. The van der Waals surface area contributed by atoms with Gasteiger partial charge in [0.05, 0.1) is 13.2 Å². The van der Waals surface area contributed by atoms with Crippen molar-refractivity contribution in [2.45, 2.75) is 11.3 Å². The number of rotatable bonds is 6. The smallest absolute Gasteiger partial charge is 0.243 e. The van der Waals surface area contributed by atoms with Gasteiger partial charge in [-0.2, -0.15) is 0 Å². The summed E-state index contributed by atoms with van der Waals surface area (Å²) in [6, 6.07) is 2.41. The first-order valence-electron chi connectivity index (χ1n) is 6.74. The summed E-state index contributed by atoms with van der Waals surface area (Å²) in [5.74, 6) is -1.89. The van der Waals surface area contributed by atoms with Crippen LogP contribution in [0.4, 0.5) is 8.78 Å². The van der Waals surface area contributed by atoms with Crippen LogP contribution >= 0.6 is 0 Å². The fourth-order valence-electron chi connectivity index (χ4n) is 2.10. The molecule has 1 aromatic carbocycles. The SMILES string of the molecule is O=S(=O)(NCCCN1CCOCC1)c1ccc(F)cc1F. The van der Waals surface area contributed by atoms with Gasteiger partial charge in [-0.25, -0.2) is 21.9 Å². The maximum atomic E-state index is 13.5. The number of ether oxygens (including phenoxy) is 1. The van der Waals surface area contributed by atoms with Crippen LogP contribution in [-0.4, -0.2) is 52.7 Å². The van der Waals surface area contributed by atoms with Gasteiger partial charge in [-0.1, -0.05) is 0 Å². The molecule has 118 valence electrons. The van der Waals surface area contributed by atoms with Crippen molar-refractivity contribution in [3.8, 4) is 0 Å². The predicted molar refractivity (Wildman–Crippen MR) is 73.4 cm³/mol. The van der Waals surface area contributed by atoms with E-state index in [1.165, 1.54) is 0 Å². The van der Waals surface area contributed by atoms with E-state index in [4.69, 9.17) is 4.74 Å². The molecular weight excluding hydrogens is 302 g/mol. The first-order valence-corrected chi connectivity index (χ1v) is 8.22. The van der Waals surface area contributed by atoms with Gasteiger partial charge in [0.2, 0.25) is 10.0 Å². The van der Waals surface area contributed by atoms with Crippen LogP contribution in [0.3, 0.4) is 0 Å². The number of nitrogens with zero attached hydrogens (tertiary/aromatic N) is 1. The van der Waals surface area contributed by atoms with Gasteiger partial charge in [0.1, 0.15) is 16.5 Å². The summed E-state index contributed by atoms with van der Waals surface area (Å²) in [7, 11) is -3.95. The Hall–Kier alpha value is -1.09. The normalized spacial score (nSPS) is 17.0. The van der Waals surface area contributed by atoms with Gasteiger partial charge in [-0.05, 0) is 25.1 Å². The quantitative estimate of drug-likeness (QED) is 0.794. The Morgan fingerprint density at radius 2 is 1.95 bits per heavy atom. The molecule has 0 aromatic heterocycles. The van der Waals surface area contributed by atoms with Crippen molar-refractivity contribution in [2.75, 3.05) is 39.4 Å². The molecule has 1 fully saturated rings. The lowest BCUT2D eigenvalue weighted by molar-refractivity contribution is 0.0376. The van der Waals surface area contributed by atoms with Gasteiger partial charge in [-0.3, -0.25) is 4.90 Å². The second kappa shape index (κ2) is 7.26. The highest BCUT2D eigenvalue weighted by Crippen LogP contribution is 2.15. The average Bonchev–Trinajstić information content (AvgIpc) is 2.44. The van der Waals surface area contributed by atoms with E-state index in [1.54, 1.807) is 0 Å². The minimum Gasteiger partial charge on any atom is -0.379 e. The Bertz CT molecular complexity index is 575. The third kappa shape index (κ3) is 4.70. The van der Waals surface area contributed by atoms with Gasteiger partial charge in [-0.15, -0.1) is 0 Å². The van der Waals surface area contributed by atoms with Gasteiger partial charge in [0, 0.05) is 25.7 Å². The molecule has 0 unspecified atom stereocenters. The standard InChI is InChI=1S/C13H18F2N2O3S/c14-11-2-3-13(12(15)10-11)21(18,19)16-4-1-5-17-6-8-20-9-7-17/h2-3,10,16H,1,4-9H2. The Morgan fingerprint density at radius 3 is 2.62 bits per heavy atom. The number of hydrogen-bond acceptors (Lipinski definition) is 4. The number of hydrogen-bond donors (Lipinski definition) is 1. The van der Waals surface area contributed by atoms with E-state index in [1.807, 2.05) is 0 Å². The highest BCUT2D eigenvalue weighted by molar-refractivity contribution is 7.89. The summed E-state index contributed by atoms with van der Waals surface area (Å²) < 4.78 is 57.6. The molecule has 2 rings (SSSR count). The first kappa shape index (κ1) is 16.3. The monoisotopic (exact) mass is 320 g/mol. The van der Waals surface area contributed by atoms with Crippen LogP contribution in [0.2, 0.25) is 0 Å². The molecule has 1 aliphatic heterocycles. The Morgan fingerprint density at radius 1 is 1.24 bits per heavy atom. The van der Waals surface area contributed by atoms with Crippen molar-refractivity contribution in [3.63, 3.8) is 0 Å². The molecule has 0 radical (unpaired) electrons. The van der Waals surface area contributed by atoms with Gasteiger partial charge >= 0.3 is 0 Å². The summed E-state index contributed by atoms with van der Waals surface area (Å²) >= 11 is 0. The van der Waals surface area contributed by atoms with Crippen molar-refractivity contribution in [3.05, 3.63) is 29.8 Å². The molecule has 0 saturated carbocycles. The summed E-state index contributed by atoms with van der Waals surface area (Å²) in [6.45, 7) is 3.99. The van der Waals surface area contributed by atoms with Crippen LogP contribution in [0.1, 0.15) is 6.42 Å². The van der Waals surface area contributed by atoms with E-state index in [2.05, 4.69) is 9.62 Å². The molecule has 0 spiro atoms. The Kier molecular flexibility index (Phi) is 5.63. The van der Waals surface area contributed by atoms with Gasteiger partial charge < -0.3 is 4.74 Å². The number of sulfonamides is 1. The lowest BCUT2D eigenvalue weighted by Crippen LogP contribution is -2.38. The Balaban J connectivity index is 1.83. The van der Waals surface area contributed by atoms with Crippen LogP contribution in [0.25, 0.3) is 0 Å². The highest BCUT2D eigenvalue weighted by Gasteiger charge is 2.19. The van der Waals surface area contributed by atoms with Crippen molar-refractivity contribution in [1.29, 1.82) is 0 Å². The maximum Gasteiger partial charge on any atom is 0.243 e. The molecule has 0 bridgehead atoms. The van der Waals surface area contributed by atoms with Crippen molar-refractivity contribution >= 4 is 10.0 Å². The van der Waals surface area contributed by atoms with Crippen LogP contribution in [0.15, 0.2) is 23.1 Å². The molecule has 1 aromatic rings. The largest absolute Gasteiger partial charge is 0.379 e. The topological polar surface area (TPSA) is 58.6 Å². The van der Waals surface area contributed by atoms with Crippen LogP contribution in [0.5, 0.6) is 0 Å². The van der Waals surface area contributed by atoms with Crippen molar-refractivity contribution in [2.24, 2.45) is 0 Å². The maximum absolute atomic E-state index is 13.5. The minimum absolute atomic E-state index is 0.205. The fraction of sp³-hybridized carbons (Fsp3) is 0.538. The molecule has 1 saturated heterocycles. The average molecular weight is 320 g/mol. The molecule has 21 heavy (non-hydrogen) atoms.